The summed E-state index contributed by atoms with van der Waals surface area (Å²) in [5.41, 5.74) is 5.22. The van der Waals surface area contributed by atoms with E-state index in [1.807, 2.05) is 0 Å². The zero-order valence-corrected chi connectivity index (χ0v) is 11.5. The van der Waals surface area contributed by atoms with Crippen molar-refractivity contribution in [1.82, 2.24) is 9.88 Å². The molecular weight excluding hydrogens is 236 g/mol. The van der Waals surface area contributed by atoms with Gasteiger partial charge in [0.05, 0.1) is 0 Å². The zero-order chi connectivity index (χ0) is 13.2. The number of rotatable bonds is 3. The Labute approximate surface area is 114 Å². The van der Waals surface area contributed by atoms with Crippen molar-refractivity contribution in [3.8, 4) is 0 Å². The van der Waals surface area contributed by atoms with Crippen LogP contribution in [0.3, 0.4) is 0 Å². The second-order valence-corrected chi connectivity index (χ2v) is 5.38. The molecule has 3 rings (SSSR count). The summed E-state index contributed by atoms with van der Waals surface area (Å²) in [6, 6.07) is 2.17. The van der Waals surface area contributed by atoms with Gasteiger partial charge >= 0.3 is 0 Å². The number of hydrogen-bond acceptors (Lipinski definition) is 2. The highest BCUT2D eigenvalue weighted by atomic mass is 16.3. The van der Waals surface area contributed by atoms with E-state index in [2.05, 4.69) is 41.1 Å². The molecule has 2 heterocycles. The molecule has 0 radical (unpaired) electrons. The summed E-state index contributed by atoms with van der Waals surface area (Å²) in [5.74, 6) is 0. The standard InChI is InChI=1S/C16H22N2O/c1-2-13-10-14-15(8-9-17-16(14)19)18(13)11-12-6-4-3-5-7-12/h3-4,6,10,16-17,19H,2,5,7-9,11H2,1H3. The number of hydrogen-bond donors (Lipinski definition) is 2. The first kappa shape index (κ1) is 12.7. The zero-order valence-electron chi connectivity index (χ0n) is 11.5. The average Bonchev–Trinajstić information content (AvgIpc) is 2.80. The van der Waals surface area contributed by atoms with Gasteiger partial charge < -0.3 is 9.67 Å². The molecule has 1 atom stereocenters. The lowest BCUT2D eigenvalue weighted by atomic mass is 10.0. The van der Waals surface area contributed by atoms with Crippen LogP contribution < -0.4 is 5.32 Å². The predicted molar refractivity (Wildman–Crippen MR) is 76.9 cm³/mol. The molecule has 3 heteroatoms. The van der Waals surface area contributed by atoms with E-state index in [0.717, 1.165) is 44.3 Å². The molecule has 0 saturated heterocycles. The van der Waals surface area contributed by atoms with Crippen molar-refractivity contribution in [2.75, 3.05) is 6.54 Å². The molecule has 0 bridgehead atoms. The first-order chi connectivity index (χ1) is 9.29. The molecule has 0 fully saturated rings. The van der Waals surface area contributed by atoms with E-state index in [1.165, 1.54) is 17.0 Å². The monoisotopic (exact) mass is 258 g/mol. The molecule has 1 aromatic rings. The number of allylic oxidation sites excluding steroid dienone is 4. The van der Waals surface area contributed by atoms with Crippen LogP contribution in [0.5, 0.6) is 0 Å². The molecule has 1 aliphatic heterocycles. The van der Waals surface area contributed by atoms with Gasteiger partial charge in [0.15, 0.2) is 0 Å². The van der Waals surface area contributed by atoms with Gasteiger partial charge in [0.1, 0.15) is 6.23 Å². The molecule has 19 heavy (non-hydrogen) atoms. The van der Waals surface area contributed by atoms with Crippen molar-refractivity contribution < 1.29 is 5.11 Å². The van der Waals surface area contributed by atoms with Crippen LogP contribution in [0.15, 0.2) is 29.9 Å². The molecule has 102 valence electrons. The van der Waals surface area contributed by atoms with Gasteiger partial charge in [-0.1, -0.05) is 30.7 Å². The van der Waals surface area contributed by atoms with Crippen LogP contribution >= 0.6 is 0 Å². The number of aliphatic hydroxyl groups excluding tert-OH is 1. The van der Waals surface area contributed by atoms with Gasteiger partial charge in [0.2, 0.25) is 0 Å². The summed E-state index contributed by atoms with van der Waals surface area (Å²) in [6.45, 7) is 4.03. The van der Waals surface area contributed by atoms with Crippen molar-refractivity contribution in [2.24, 2.45) is 0 Å². The number of nitrogens with zero attached hydrogens (tertiary/aromatic N) is 1. The second-order valence-electron chi connectivity index (χ2n) is 5.38. The van der Waals surface area contributed by atoms with Gasteiger partial charge in [-0.15, -0.1) is 0 Å². The summed E-state index contributed by atoms with van der Waals surface area (Å²) < 4.78 is 2.42. The van der Waals surface area contributed by atoms with Gasteiger partial charge in [-0.3, -0.25) is 5.32 Å². The SMILES string of the molecule is CCc1cc2c(n1CC1=CC=CCC1)CCNC2O. The van der Waals surface area contributed by atoms with E-state index in [4.69, 9.17) is 0 Å². The molecule has 1 aromatic heterocycles. The van der Waals surface area contributed by atoms with E-state index in [0.29, 0.717) is 0 Å². The normalized spacial score (nSPS) is 22.2. The van der Waals surface area contributed by atoms with E-state index >= 15 is 0 Å². The molecule has 0 amide bonds. The van der Waals surface area contributed by atoms with Gasteiger partial charge in [0, 0.05) is 36.5 Å². The molecule has 2 N–H and O–H groups in total. The van der Waals surface area contributed by atoms with Crippen molar-refractivity contribution in [3.05, 3.63) is 46.8 Å². The largest absolute Gasteiger partial charge is 0.374 e. The highest BCUT2D eigenvalue weighted by Crippen LogP contribution is 2.27. The van der Waals surface area contributed by atoms with Crippen LogP contribution in [0.2, 0.25) is 0 Å². The van der Waals surface area contributed by atoms with Crippen molar-refractivity contribution in [1.29, 1.82) is 0 Å². The van der Waals surface area contributed by atoms with Gasteiger partial charge in [-0.2, -0.15) is 0 Å². The highest BCUT2D eigenvalue weighted by molar-refractivity contribution is 5.33. The average molecular weight is 258 g/mol. The third kappa shape index (κ3) is 2.40. The number of aryl methyl sites for hydroxylation is 1. The number of nitrogens with one attached hydrogen (secondary N) is 1. The Kier molecular flexibility index (Phi) is 3.58. The number of fused-ring (bicyclic) bond motifs is 1. The maximum Gasteiger partial charge on any atom is 0.132 e. The minimum Gasteiger partial charge on any atom is -0.374 e. The quantitative estimate of drug-likeness (QED) is 0.874. The van der Waals surface area contributed by atoms with Crippen molar-refractivity contribution in [2.45, 2.75) is 45.4 Å². The van der Waals surface area contributed by atoms with E-state index in [1.54, 1.807) is 0 Å². The van der Waals surface area contributed by atoms with Gasteiger partial charge in [0.25, 0.3) is 0 Å². The van der Waals surface area contributed by atoms with Crippen LogP contribution in [-0.4, -0.2) is 16.2 Å². The van der Waals surface area contributed by atoms with Crippen LogP contribution in [0.25, 0.3) is 0 Å². The molecule has 0 aromatic carbocycles. The number of aromatic nitrogens is 1. The Bertz CT molecular complexity index is 525. The Hall–Kier alpha value is -1.32. The fourth-order valence-electron chi connectivity index (χ4n) is 3.10. The fraction of sp³-hybridized carbons (Fsp3) is 0.500. The second kappa shape index (κ2) is 5.35. The predicted octanol–water partition coefficient (Wildman–Crippen LogP) is 2.46. The van der Waals surface area contributed by atoms with Gasteiger partial charge in [-0.05, 0) is 25.3 Å². The number of aliphatic hydroxyl groups is 1. The molecule has 0 saturated carbocycles. The lowest BCUT2D eigenvalue weighted by Crippen LogP contribution is -2.30. The first-order valence-electron chi connectivity index (χ1n) is 7.26. The maximum absolute atomic E-state index is 10.1. The first-order valence-corrected chi connectivity index (χ1v) is 7.26. The Morgan fingerprint density at radius 3 is 3.05 bits per heavy atom. The highest BCUT2D eigenvalue weighted by Gasteiger charge is 2.23. The summed E-state index contributed by atoms with van der Waals surface area (Å²) in [6.07, 6.45) is 10.5. The lowest BCUT2D eigenvalue weighted by molar-refractivity contribution is 0.131. The lowest BCUT2D eigenvalue weighted by Gasteiger charge is -2.23. The summed E-state index contributed by atoms with van der Waals surface area (Å²) >= 11 is 0. The van der Waals surface area contributed by atoms with Crippen molar-refractivity contribution in [3.63, 3.8) is 0 Å². The van der Waals surface area contributed by atoms with Crippen LogP contribution in [-0.2, 0) is 19.4 Å². The summed E-state index contributed by atoms with van der Waals surface area (Å²) in [4.78, 5) is 0. The fourth-order valence-corrected chi connectivity index (χ4v) is 3.10. The molecule has 0 spiro atoms. The Morgan fingerprint density at radius 1 is 1.42 bits per heavy atom. The Morgan fingerprint density at radius 2 is 2.32 bits per heavy atom. The maximum atomic E-state index is 10.1. The van der Waals surface area contributed by atoms with Gasteiger partial charge in [-0.25, -0.2) is 0 Å². The molecule has 3 nitrogen and oxygen atoms in total. The van der Waals surface area contributed by atoms with Crippen molar-refractivity contribution >= 4 is 0 Å². The van der Waals surface area contributed by atoms with E-state index < -0.39 is 6.23 Å². The minimum atomic E-state index is -0.490. The summed E-state index contributed by atoms with van der Waals surface area (Å²) in [7, 11) is 0. The third-order valence-corrected chi connectivity index (χ3v) is 4.15. The third-order valence-electron chi connectivity index (χ3n) is 4.15. The Balaban J connectivity index is 1.95. The molecule has 1 aliphatic carbocycles. The van der Waals surface area contributed by atoms with Crippen LogP contribution in [0.1, 0.15) is 42.9 Å². The van der Waals surface area contributed by atoms with E-state index in [9.17, 15) is 5.11 Å². The molecular formula is C16H22N2O. The van der Waals surface area contributed by atoms with E-state index in [-0.39, 0.29) is 0 Å². The smallest absolute Gasteiger partial charge is 0.132 e. The molecule has 1 unspecified atom stereocenters. The topological polar surface area (TPSA) is 37.2 Å². The van der Waals surface area contributed by atoms with Crippen LogP contribution in [0.4, 0.5) is 0 Å². The molecule has 2 aliphatic rings. The summed E-state index contributed by atoms with van der Waals surface area (Å²) in [5, 5.41) is 13.2. The minimum absolute atomic E-state index is 0.490. The van der Waals surface area contributed by atoms with Crippen LogP contribution in [0, 0.1) is 0 Å².